The van der Waals surface area contributed by atoms with Gasteiger partial charge in [0.1, 0.15) is 5.02 Å². The molecule has 4 rings (SSSR count). The number of nitrogens with zero attached hydrogens (tertiary/aromatic N) is 3. The van der Waals surface area contributed by atoms with Gasteiger partial charge >= 0.3 is 0 Å². The van der Waals surface area contributed by atoms with Crippen molar-refractivity contribution in [1.82, 2.24) is 24.9 Å². The van der Waals surface area contributed by atoms with Crippen LogP contribution in [0.4, 0.5) is 23.1 Å². The second-order valence-corrected chi connectivity index (χ2v) is 7.60. The number of para-hydroxylation sites is 1. The number of nitrogens with one attached hydrogen (secondary N) is 4. The van der Waals surface area contributed by atoms with E-state index in [4.69, 9.17) is 11.6 Å². The van der Waals surface area contributed by atoms with Gasteiger partial charge in [-0.05, 0) is 36.8 Å². The first-order valence-corrected chi connectivity index (χ1v) is 10.4. The Bertz CT molecular complexity index is 1230. The summed E-state index contributed by atoms with van der Waals surface area (Å²) in [6.07, 6.45) is 1.49. The summed E-state index contributed by atoms with van der Waals surface area (Å²) in [6, 6.07) is 13.0. The first kappa shape index (κ1) is 20.2. The lowest BCUT2D eigenvalue weighted by molar-refractivity contribution is 0.522. The van der Waals surface area contributed by atoms with E-state index in [1.165, 1.54) is 6.20 Å². The van der Waals surface area contributed by atoms with Gasteiger partial charge in [0.15, 0.2) is 5.82 Å². The fourth-order valence-electron chi connectivity index (χ4n) is 2.93. The molecule has 9 nitrogen and oxygen atoms in total. The van der Waals surface area contributed by atoms with Gasteiger partial charge < -0.3 is 15.2 Å². The van der Waals surface area contributed by atoms with Crippen LogP contribution in [0, 0.1) is 6.92 Å². The van der Waals surface area contributed by atoms with Gasteiger partial charge in [-0.15, -0.1) is 0 Å². The van der Waals surface area contributed by atoms with Crippen LogP contribution in [0.2, 0.25) is 5.02 Å². The third-order valence-electron chi connectivity index (χ3n) is 4.40. The topological polar surface area (TPSA) is 131 Å². The van der Waals surface area contributed by atoms with Crippen LogP contribution in [0.3, 0.4) is 0 Å². The van der Waals surface area contributed by atoms with Gasteiger partial charge in [-0.25, -0.2) is 9.71 Å². The number of halogens is 1. The third-order valence-corrected chi connectivity index (χ3v) is 5.05. The van der Waals surface area contributed by atoms with Crippen LogP contribution < -0.4 is 15.4 Å². The van der Waals surface area contributed by atoms with Crippen molar-refractivity contribution in [2.24, 2.45) is 0 Å². The van der Waals surface area contributed by atoms with Crippen molar-refractivity contribution < 1.29 is 8.76 Å². The fraction of sp³-hybridized carbons (Fsp3) is 0.105. The van der Waals surface area contributed by atoms with Gasteiger partial charge in [-0.1, -0.05) is 29.8 Å². The van der Waals surface area contributed by atoms with Crippen molar-refractivity contribution in [3.63, 3.8) is 0 Å². The fourth-order valence-corrected chi connectivity index (χ4v) is 3.34. The lowest BCUT2D eigenvalue weighted by Crippen LogP contribution is -2.16. The van der Waals surface area contributed by atoms with E-state index in [1.807, 2.05) is 43.3 Å². The van der Waals surface area contributed by atoms with E-state index in [1.54, 1.807) is 6.07 Å². The van der Waals surface area contributed by atoms with Crippen molar-refractivity contribution in [3.8, 4) is 0 Å². The smallest absolute Gasteiger partial charge is 0.229 e. The number of aromatic nitrogens is 4. The van der Waals surface area contributed by atoms with E-state index in [0.29, 0.717) is 22.5 Å². The molecule has 0 bridgehead atoms. The zero-order chi connectivity index (χ0) is 21.1. The molecular formula is C19H17ClN7O2S-. The third kappa shape index (κ3) is 4.57. The normalized spacial score (nSPS) is 12.1. The Hall–Kier alpha value is -3.05. The zero-order valence-corrected chi connectivity index (χ0v) is 17.3. The summed E-state index contributed by atoms with van der Waals surface area (Å²) in [7, 11) is 0. The maximum atomic E-state index is 10.8. The molecule has 0 aliphatic heterocycles. The van der Waals surface area contributed by atoms with Gasteiger partial charge in [0.25, 0.3) is 0 Å². The lowest BCUT2D eigenvalue weighted by atomic mass is 10.2. The number of anilines is 4. The van der Waals surface area contributed by atoms with Crippen LogP contribution in [-0.2, 0) is 17.8 Å². The summed E-state index contributed by atoms with van der Waals surface area (Å²) in [5.41, 5.74) is 4.03. The van der Waals surface area contributed by atoms with Crippen LogP contribution in [0.1, 0.15) is 11.3 Å². The number of benzene rings is 2. The molecule has 2 heterocycles. The Morgan fingerprint density at radius 2 is 2.03 bits per heavy atom. The molecule has 0 saturated carbocycles. The summed E-state index contributed by atoms with van der Waals surface area (Å²) >= 11 is 3.91. The predicted octanol–water partition coefficient (Wildman–Crippen LogP) is 3.69. The predicted molar refractivity (Wildman–Crippen MR) is 117 cm³/mol. The maximum Gasteiger partial charge on any atom is 0.229 e. The van der Waals surface area contributed by atoms with Crippen LogP contribution in [0.5, 0.6) is 0 Å². The van der Waals surface area contributed by atoms with E-state index < -0.39 is 11.3 Å². The Labute approximate surface area is 179 Å². The number of aryl methyl sites for hydroxylation is 1. The van der Waals surface area contributed by atoms with Gasteiger partial charge in [0.2, 0.25) is 5.95 Å². The van der Waals surface area contributed by atoms with Crippen LogP contribution in [-0.4, -0.2) is 28.9 Å². The Morgan fingerprint density at radius 3 is 2.87 bits per heavy atom. The number of hydrogen-bond acceptors (Lipinski definition) is 7. The number of aromatic amines is 1. The van der Waals surface area contributed by atoms with Gasteiger partial charge in [0.05, 0.1) is 11.7 Å². The van der Waals surface area contributed by atoms with Crippen LogP contribution in [0.25, 0.3) is 10.9 Å². The summed E-state index contributed by atoms with van der Waals surface area (Å²) in [4.78, 5) is 8.68. The van der Waals surface area contributed by atoms with E-state index in [9.17, 15) is 8.76 Å². The molecule has 0 radical (unpaired) electrons. The first-order chi connectivity index (χ1) is 14.5. The summed E-state index contributed by atoms with van der Waals surface area (Å²) in [5.74, 6) is 0.742. The molecule has 11 heteroatoms. The zero-order valence-electron chi connectivity index (χ0n) is 15.8. The van der Waals surface area contributed by atoms with Gasteiger partial charge in [0, 0.05) is 40.3 Å². The van der Waals surface area contributed by atoms with Crippen LogP contribution >= 0.6 is 11.6 Å². The summed E-state index contributed by atoms with van der Waals surface area (Å²) in [6.45, 7) is 2.10. The number of fused-ring (bicyclic) bond motifs is 1. The molecule has 0 fully saturated rings. The molecule has 0 aliphatic carbocycles. The second kappa shape index (κ2) is 8.76. The molecule has 4 aromatic rings. The highest BCUT2D eigenvalue weighted by Crippen LogP contribution is 2.27. The van der Waals surface area contributed by atoms with Gasteiger partial charge in [-0.3, -0.25) is 9.31 Å². The van der Waals surface area contributed by atoms with Crippen molar-refractivity contribution in [1.29, 1.82) is 0 Å². The van der Waals surface area contributed by atoms with E-state index in [-0.39, 0.29) is 6.54 Å². The summed E-state index contributed by atoms with van der Waals surface area (Å²) in [5, 5.41) is 14.9. The minimum atomic E-state index is -2.36. The largest absolute Gasteiger partial charge is 0.760 e. The van der Waals surface area contributed by atoms with Crippen molar-refractivity contribution in [2.75, 3.05) is 10.6 Å². The van der Waals surface area contributed by atoms with Crippen molar-refractivity contribution in [3.05, 3.63) is 64.9 Å². The molecule has 0 spiro atoms. The molecule has 2 aromatic carbocycles. The molecule has 1 unspecified atom stereocenters. The molecule has 4 N–H and O–H groups in total. The highest BCUT2D eigenvalue weighted by molar-refractivity contribution is 7.77. The van der Waals surface area contributed by atoms with Crippen LogP contribution in [0.15, 0.2) is 48.7 Å². The Morgan fingerprint density at radius 1 is 1.20 bits per heavy atom. The molecule has 0 amide bonds. The quantitative estimate of drug-likeness (QED) is 0.321. The van der Waals surface area contributed by atoms with E-state index >= 15 is 0 Å². The van der Waals surface area contributed by atoms with E-state index in [2.05, 4.69) is 35.5 Å². The molecule has 0 saturated heterocycles. The average Bonchev–Trinajstić information content (AvgIpc) is 3.10. The Balaban J connectivity index is 1.57. The van der Waals surface area contributed by atoms with E-state index in [0.717, 1.165) is 27.8 Å². The van der Waals surface area contributed by atoms with Crippen molar-refractivity contribution in [2.45, 2.75) is 13.5 Å². The van der Waals surface area contributed by atoms with Gasteiger partial charge in [-0.2, -0.15) is 10.1 Å². The molecule has 2 aromatic heterocycles. The monoisotopic (exact) mass is 442 g/mol. The highest BCUT2D eigenvalue weighted by Gasteiger charge is 2.10. The minimum absolute atomic E-state index is 0.135. The maximum absolute atomic E-state index is 10.8. The molecule has 154 valence electrons. The highest BCUT2D eigenvalue weighted by atomic mass is 35.5. The van der Waals surface area contributed by atoms with Crippen molar-refractivity contribution >= 4 is 56.9 Å². The lowest BCUT2D eigenvalue weighted by Gasteiger charge is -2.14. The number of hydrogen-bond donors (Lipinski definition) is 4. The summed E-state index contributed by atoms with van der Waals surface area (Å²) < 4.78 is 24.0. The molecule has 30 heavy (non-hydrogen) atoms. The number of rotatable bonds is 7. The first-order valence-electron chi connectivity index (χ1n) is 8.91. The minimum Gasteiger partial charge on any atom is -0.760 e. The average molecular weight is 443 g/mol. The molecule has 1 atom stereocenters. The molecular weight excluding hydrogens is 426 g/mol. The SMILES string of the molecule is Cc1[nH]nc2cc(Nc3ncc(Cl)c(Nc4ccccc4CNS(=O)[O-])n3)ccc12. The number of H-pyrrole nitrogens is 1. The Kier molecular flexibility index (Phi) is 5.91. The standard InChI is InChI=1S/C19H18ClN7O2S/c1-11-14-7-6-13(8-17(14)27-26-11)23-19-21-10-15(20)18(25-19)24-16-5-3-2-4-12(16)9-22-30(28)29/h2-8,10,22H,9H2,1H3,(H,26,27)(H,28,29)(H2,21,23,24,25)/p-1. The molecule has 0 aliphatic rings. The second-order valence-electron chi connectivity index (χ2n) is 6.43.